The fraction of sp³-hybridized carbons (Fsp3) is 0.579. The Morgan fingerprint density at radius 3 is 2.26 bits per heavy atom. The van der Waals surface area contributed by atoms with Gasteiger partial charge in [0.15, 0.2) is 9.84 Å². The van der Waals surface area contributed by atoms with Crippen molar-refractivity contribution in [3.8, 4) is 0 Å². The number of unbranched alkanes of at least 4 members (excludes halogenated alkanes) is 3. The zero-order chi connectivity index (χ0) is 16.9. The first-order valence-corrected chi connectivity index (χ1v) is 10.6. The molecule has 1 aromatic carbocycles. The molecule has 0 aliphatic carbocycles. The summed E-state index contributed by atoms with van der Waals surface area (Å²) in [5, 5.41) is 1.09. The lowest BCUT2D eigenvalue weighted by Gasteiger charge is -2.31. The first-order chi connectivity index (χ1) is 10.9. The predicted octanol–water partition coefficient (Wildman–Crippen LogP) is 5.18. The van der Waals surface area contributed by atoms with Crippen molar-refractivity contribution in [2.75, 3.05) is 6.26 Å². The molecule has 0 fully saturated rings. The average molecular weight is 336 g/mol. The third kappa shape index (κ3) is 3.79. The van der Waals surface area contributed by atoms with Crippen molar-refractivity contribution < 1.29 is 8.42 Å². The zero-order valence-electron chi connectivity index (χ0n) is 14.6. The highest BCUT2D eigenvalue weighted by atomic mass is 32.2. The Morgan fingerprint density at radius 2 is 1.65 bits per heavy atom. The monoisotopic (exact) mass is 335 g/mol. The maximum Gasteiger partial charge on any atom is 0.158 e. The Kier molecular flexibility index (Phi) is 5.90. The summed E-state index contributed by atoms with van der Waals surface area (Å²) in [7, 11) is -3.21. The van der Waals surface area contributed by atoms with Crippen molar-refractivity contribution in [2.45, 2.75) is 63.5 Å². The highest BCUT2D eigenvalue weighted by Crippen LogP contribution is 2.41. The molecule has 1 atom stereocenters. The predicted molar refractivity (Wildman–Crippen MR) is 98.5 cm³/mol. The zero-order valence-corrected chi connectivity index (χ0v) is 15.4. The topological polar surface area (TPSA) is 49.9 Å². The van der Waals surface area contributed by atoms with Crippen LogP contribution in [0.3, 0.4) is 0 Å². The van der Waals surface area contributed by atoms with Crippen molar-refractivity contribution in [3.63, 3.8) is 0 Å². The van der Waals surface area contributed by atoms with E-state index in [-0.39, 0.29) is 0 Å². The van der Waals surface area contributed by atoms with Gasteiger partial charge >= 0.3 is 0 Å². The number of aromatic amines is 1. The van der Waals surface area contributed by atoms with E-state index in [1.165, 1.54) is 6.26 Å². The van der Waals surface area contributed by atoms with Crippen molar-refractivity contribution in [3.05, 3.63) is 36.0 Å². The lowest BCUT2D eigenvalue weighted by Crippen LogP contribution is -2.35. The Hall–Kier alpha value is -1.29. The minimum atomic E-state index is -3.21. The minimum Gasteiger partial charge on any atom is -0.357 e. The molecule has 0 aliphatic rings. The Morgan fingerprint density at radius 1 is 1.00 bits per heavy atom. The first-order valence-electron chi connectivity index (χ1n) is 8.72. The number of hydrogen-bond donors (Lipinski definition) is 1. The molecule has 1 N–H and O–H groups in total. The highest BCUT2D eigenvalue weighted by molar-refractivity contribution is 7.91. The van der Waals surface area contributed by atoms with Crippen molar-refractivity contribution in [1.82, 2.24) is 4.98 Å². The van der Waals surface area contributed by atoms with Crippen LogP contribution in [0.15, 0.2) is 30.3 Å². The normalized spacial score (nSPS) is 14.9. The second-order valence-electron chi connectivity index (χ2n) is 6.60. The SMILES string of the molecule is CCCCCC(CCCC)(c1cc2ccccc2[nH]1)S(C)(=O)=O. The Labute approximate surface area is 140 Å². The van der Waals surface area contributed by atoms with E-state index < -0.39 is 14.6 Å². The van der Waals surface area contributed by atoms with E-state index in [9.17, 15) is 8.42 Å². The molecule has 23 heavy (non-hydrogen) atoms. The lowest BCUT2D eigenvalue weighted by molar-refractivity contribution is 0.429. The third-order valence-electron chi connectivity index (χ3n) is 4.85. The summed E-state index contributed by atoms with van der Waals surface area (Å²) in [6.07, 6.45) is 7.85. The van der Waals surface area contributed by atoms with Crippen LogP contribution < -0.4 is 0 Å². The van der Waals surface area contributed by atoms with Gasteiger partial charge in [-0.15, -0.1) is 0 Å². The van der Waals surface area contributed by atoms with E-state index in [2.05, 4.69) is 18.8 Å². The van der Waals surface area contributed by atoms with Crippen LogP contribution in [-0.2, 0) is 14.6 Å². The molecule has 0 radical (unpaired) electrons. The molecular weight excluding hydrogens is 306 g/mol. The number of fused-ring (bicyclic) bond motifs is 1. The fourth-order valence-electron chi connectivity index (χ4n) is 3.41. The number of aromatic nitrogens is 1. The van der Waals surface area contributed by atoms with Crippen LogP contribution in [0.2, 0.25) is 0 Å². The maximum absolute atomic E-state index is 12.8. The number of rotatable bonds is 9. The van der Waals surface area contributed by atoms with Gasteiger partial charge in [0.05, 0.1) is 0 Å². The standard InChI is InChI=1S/C19H29NO2S/c1-4-6-10-14-19(13-7-5-2,23(3,21)22)18-15-16-11-8-9-12-17(16)20-18/h8-9,11-12,15,20H,4-7,10,13-14H2,1-3H3. The summed E-state index contributed by atoms with van der Waals surface area (Å²) in [4.78, 5) is 3.40. The first kappa shape index (κ1) is 18.1. The smallest absolute Gasteiger partial charge is 0.158 e. The van der Waals surface area contributed by atoms with E-state index in [4.69, 9.17) is 0 Å². The number of nitrogens with one attached hydrogen (secondary N) is 1. The van der Waals surface area contributed by atoms with E-state index in [1.807, 2.05) is 30.3 Å². The van der Waals surface area contributed by atoms with Gasteiger partial charge < -0.3 is 4.98 Å². The molecule has 1 aromatic heterocycles. The average Bonchev–Trinajstić information content (AvgIpc) is 2.93. The Bertz CT molecular complexity index is 700. The van der Waals surface area contributed by atoms with Gasteiger partial charge in [-0.2, -0.15) is 0 Å². The third-order valence-corrected chi connectivity index (χ3v) is 6.90. The van der Waals surface area contributed by atoms with Crippen LogP contribution in [0, 0.1) is 0 Å². The second kappa shape index (κ2) is 7.52. The fourth-order valence-corrected chi connectivity index (χ4v) is 4.95. The van der Waals surface area contributed by atoms with Crippen LogP contribution in [0.4, 0.5) is 0 Å². The van der Waals surface area contributed by atoms with Gasteiger partial charge in [0.2, 0.25) is 0 Å². The summed E-state index contributed by atoms with van der Waals surface area (Å²) in [6, 6.07) is 10.1. The maximum atomic E-state index is 12.8. The van der Waals surface area contributed by atoms with Crippen LogP contribution in [0.25, 0.3) is 10.9 Å². The molecule has 128 valence electrons. The number of para-hydroxylation sites is 1. The molecule has 0 saturated carbocycles. The lowest BCUT2D eigenvalue weighted by atomic mass is 9.91. The number of benzene rings is 1. The van der Waals surface area contributed by atoms with Gasteiger partial charge in [-0.3, -0.25) is 0 Å². The second-order valence-corrected chi connectivity index (χ2v) is 8.92. The number of H-pyrrole nitrogens is 1. The summed E-state index contributed by atoms with van der Waals surface area (Å²) in [6.45, 7) is 4.27. The molecule has 0 amide bonds. The van der Waals surface area contributed by atoms with Gasteiger partial charge in [0, 0.05) is 17.5 Å². The molecule has 0 saturated heterocycles. The van der Waals surface area contributed by atoms with Gasteiger partial charge in [-0.05, 0) is 30.4 Å². The van der Waals surface area contributed by atoms with Crippen LogP contribution in [0.1, 0.15) is 64.5 Å². The van der Waals surface area contributed by atoms with Crippen LogP contribution in [0.5, 0.6) is 0 Å². The summed E-state index contributed by atoms with van der Waals surface area (Å²) >= 11 is 0. The van der Waals surface area contributed by atoms with Gasteiger partial charge in [0.1, 0.15) is 4.75 Å². The molecule has 2 aromatic rings. The summed E-state index contributed by atoms with van der Waals surface area (Å²) < 4.78 is 24.8. The molecule has 1 heterocycles. The molecular formula is C19H29NO2S. The number of sulfone groups is 1. The molecule has 0 spiro atoms. The number of hydrogen-bond acceptors (Lipinski definition) is 2. The van der Waals surface area contributed by atoms with E-state index in [0.717, 1.165) is 48.7 Å². The molecule has 2 rings (SSSR count). The van der Waals surface area contributed by atoms with Gasteiger partial charge in [0.25, 0.3) is 0 Å². The van der Waals surface area contributed by atoms with Crippen molar-refractivity contribution in [1.29, 1.82) is 0 Å². The quantitative estimate of drug-likeness (QED) is 0.642. The molecule has 0 aliphatic heterocycles. The molecule has 4 heteroatoms. The van der Waals surface area contributed by atoms with E-state index in [1.54, 1.807) is 0 Å². The van der Waals surface area contributed by atoms with E-state index in [0.29, 0.717) is 12.8 Å². The minimum absolute atomic E-state index is 0.693. The molecule has 1 unspecified atom stereocenters. The van der Waals surface area contributed by atoms with Crippen LogP contribution in [-0.4, -0.2) is 19.7 Å². The van der Waals surface area contributed by atoms with Crippen molar-refractivity contribution in [2.24, 2.45) is 0 Å². The Balaban J connectivity index is 2.52. The van der Waals surface area contributed by atoms with Gasteiger partial charge in [-0.25, -0.2) is 8.42 Å². The van der Waals surface area contributed by atoms with E-state index >= 15 is 0 Å². The largest absolute Gasteiger partial charge is 0.357 e. The highest BCUT2D eigenvalue weighted by Gasteiger charge is 2.42. The summed E-state index contributed by atoms with van der Waals surface area (Å²) in [5.74, 6) is 0. The van der Waals surface area contributed by atoms with Gasteiger partial charge in [-0.1, -0.05) is 64.2 Å². The van der Waals surface area contributed by atoms with Crippen molar-refractivity contribution >= 4 is 20.7 Å². The molecule has 3 nitrogen and oxygen atoms in total. The van der Waals surface area contributed by atoms with Crippen LogP contribution >= 0.6 is 0 Å². The molecule has 0 bridgehead atoms. The summed E-state index contributed by atoms with van der Waals surface area (Å²) in [5.41, 5.74) is 1.88.